The third kappa shape index (κ3) is 3.61. The minimum absolute atomic E-state index is 0.0657. The van der Waals surface area contributed by atoms with Gasteiger partial charge < -0.3 is 5.32 Å². The molecule has 0 amide bonds. The molecule has 0 spiro atoms. The maximum atomic E-state index is 12.6. The van der Waals surface area contributed by atoms with Gasteiger partial charge in [0, 0.05) is 22.9 Å². The number of rotatable bonds is 5. The zero-order valence-electron chi connectivity index (χ0n) is 10.4. The first-order chi connectivity index (χ1) is 9.08. The van der Waals surface area contributed by atoms with Crippen molar-refractivity contribution >= 4 is 15.9 Å². The molecule has 1 aromatic heterocycles. The molecule has 1 atom stereocenters. The van der Waals surface area contributed by atoms with Crippen molar-refractivity contribution in [1.29, 1.82) is 0 Å². The fraction of sp³-hybridized carbons (Fsp3) is 0.308. The van der Waals surface area contributed by atoms with Gasteiger partial charge in [-0.2, -0.15) is 8.78 Å². The van der Waals surface area contributed by atoms with Crippen molar-refractivity contribution in [2.24, 2.45) is 0 Å². The SMILES string of the molecule is CC(NCc1nccn1C(F)F)c1ccc(Br)cc1. The Morgan fingerprint density at radius 1 is 1.32 bits per heavy atom. The van der Waals surface area contributed by atoms with E-state index in [1.807, 2.05) is 31.2 Å². The molecule has 0 saturated carbocycles. The zero-order valence-corrected chi connectivity index (χ0v) is 11.9. The molecule has 0 fully saturated rings. The first-order valence-corrected chi connectivity index (χ1v) is 6.66. The molecule has 1 aromatic carbocycles. The summed E-state index contributed by atoms with van der Waals surface area (Å²) < 4.78 is 27.2. The van der Waals surface area contributed by atoms with Gasteiger partial charge >= 0.3 is 6.55 Å². The maximum Gasteiger partial charge on any atom is 0.319 e. The van der Waals surface area contributed by atoms with Crippen LogP contribution in [0.2, 0.25) is 0 Å². The molecule has 3 nitrogen and oxygen atoms in total. The molecule has 0 saturated heterocycles. The molecule has 0 aliphatic heterocycles. The summed E-state index contributed by atoms with van der Waals surface area (Å²) in [7, 11) is 0. The Morgan fingerprint density at radius 2 is 2.00 bits per heavy atom. The van der Waals surface area contributed by atoms with E-state index >= 15 is 0 Å². The van der Waals surface area contributed by atoms with Crippen LogP contribution in [0.15, 0.2) is 41.1 Å². The van der Waals surface area contributed by atoms with Crippen molar-refractivity contribution in [2.75, 3.05) is 0 Å². The van der Waals surface area contributed by atoms with Crippen molar-refractivity contribution in [1.82, 2.24) is 14.9 Å². The van der Waals surface area contributed by atoms with Crippen LogP contribution in [0.3, 0.4) is 0 Å². The fourth-order valence-electron chi connectivity index (χ4n) is 1.77. The second-order valence-electron chi connectivity index (χ2n) is 4.18. The van der Waals surface area contributed by atoms with Crippen LogP contribution < -0.4 is 5.32 Å². The molecule has 0 aliphatic carbocycles. The van der Waals surface area contributed by atoms with Crippen LogP contribution >= 0.6 is 15.9 Å². The highest BCUT2D eigenvalue weighted by Gasteiger charge is 2.12. The first kappa shape index (κ1) is 14.1. The van der Waals surface area contributed by atoms with E-state index in [2.05, 4.69) is 26.2 Å². The van der Waals surface area contributed by atoms with Crippen LogP contribution in [-0.4, -0.2) is 9.55 Å². The molecule has 1 unspecified atom stereocenters. The van der Waals surface area contributed by atoms with Crippen molar-refractivity contribution in [2.45, 2.75) is 26.1 Å². The summed E-state index contributed by atoms with van der Waals surface area (Å²) in [6.45, 7) is -0.268. The summed E-state index contributed by atoms with van der Waals surface area (Å²) >= 11 is 3.37. The monoisotopic (exact) mass is 329 g/mol. The van der Waals surface area contributed by atoms with Crippen molar-refractivity contribution < 1.29 is 8.78 Å². The van der Waals surface area contributed by atoms with E-state index < -0.39 is 6.55 Å². The molecule has 0 bridgehead atoms. The van der Waals surface area contributed by atoms with E-state index in [1.54, 1.807) is 0 Å². The summed E-state index contributed by atoms with van der Waals surface area (Å²) in [6.07, 6.45) is 2.67. The van der Waals surface area contributed by atoms with Gasteiger partial charge in [-0.15, -0.1) is 0 Å². The molecule has 0 radical (unpaired) electrons. The van der Waals surface area contributed by atoms with Gasteiger partial charge in [-0.1, -0.05) is 28.1 Å². The van der Waals surface area contributed by atoms with Crippen molar-refractivity contribution in [3.05, 3.63) is 52.5 Å². The smallest absolute Gasteiger partial charge is 0.303 e. The molecule has 1 heterocycles. The Labute approximate surface area is 118 Å². The molecule has 19 heavy (non-hydrogen) atoms. The average molecular weight is 330 g/mol. The molecule has 2 rings (SSSR count). The Bertz CT molecular complexity index is 525. The number of nitrogens with one attached hydrogen (secondary N) is 1. The number of nitrogens with zero attached hydrogens (tertiary/aromatic N) is 2. The van der Waals surface area contributed by atoms with Crippen LogP contribution in [0.1, 0.15) is 30.9 Å². The van der Waals surface area contributed by atoms with E-state index in [9.17, 15) is 8.78 Å². The van der Waals surface area contributed by atoms with Gasteiger partial charge in [-0.05, 0) is 24.6 Å². The number of aromatic nitrogens is 2. The highest BCUT2D eigenvalue weighted by Crippen LogP contribution is 2.17. The van der Waals surface area contributed by atoms with E-state index in [4.69, 9.17) is 0 Å². The lowest BCUT2D eigenvalue weighted by Gasteiger charge is -2.15. The molecular weight excluding hydrogens is 316 g/mol. The van der Waals surface area contributed by atoms with E-state index in [0.717, 1.165) is 14.6 Å². The molecule has 102 valence electrons. The van der Waals surface area contributed by atoms with Gasteiger partial charge in [0.05, 0.1) is 6.54 Å². The lowest BCUT2D eigenvalue weighted by atomic mass is 10.1. The van der Waals surface area contributed by atoms with Gasteiger partial charge in [0.2, 0.25) is 0 Å². The van der Waals surface area contributed by atoms with Crippen LogP contribution in [0.25, 0.3) is 0 Å². The van der Waals surface area contributed by atoms with Gasteiger partial charge in [0.25, 0.3) is 0 Å². The number of hydrogen-bond acceptors (Lipinski definition) is 2. The topological polar surface area (TPSA) is 29.9 Å². The van der Waals surface area contributed by atoms with Crippen LogP contribution in [0.5, 0.6) is 0 Å². The third-order valence-electron chi connectivity index (χ3n) is 2.90. The predicted molar refractivity (Wildman–Crippen MR) is 72.9 cm³/mol. The highest BCUT2D eigenvalue weighted by atomic mass is 79.9. The number of imidazole rings is 1. The largest absolute Gasteiger partial charge is 0.319 e. The molecule has 2 aromatic rings. The lowest BCUT2D eigenvalue weighted by molar-refractivity contribution is 0.0665. The Balaban J connectivity index is 1.98. The second kappa shape index (κ2) is 6.25. The minimum atomic E-state index is -2.55. The van der Waals surface area contributed by atoms with Gasteiger partial charge in [0.15, 0.2) is 0 Å². The van der Waals surface area contributed by atoms with E-state index in [0.29, 0.717) is 12.4 Å². The summed E-state index contributed by atoms with van der Waals surface area (Å²) in [5.41, 5.74) is 1.10. The first-order valence-electron chi connectivity index (χ1n) is 5.86. The highest BCUT2D eigenvalue weighted by molar-refractivity contribution is 9.10. The van der Waals surface area contributed by atoms with Gasteiger partial charge in [0.1, 0.15) is 5.82 Å². The average Bonchev–Trinajstić information content (AvgIpc) is 2.85. The number of benzene rings is 1. The molecular formula is C13H14BrF2N3. The lowest BCUT2D eigenvalue weighted by Crippen LogP contribution is -2.20. The minimum Gasteiger partial charge on any atom is -0.303 e. The summed E-state index contributed by atoms with van der Waals surface area (Å²) in [4.78, 5) is 3.93. The van der Waals surface area contributed by atoms with Crippen LogP contribution in [0.4, 0.5) is 8.78 Å². The second-order valence-corrected chi connectivity index (χ2v) is 5.10. The Hall–Kier alpha value is -1.27. The predicted octanol–water partition coefficient (Wildman–Crippen LogP) is 3.89. The zero-order chi connectivity index (χ0) is 13.8. The summed E-state index contributed by atoms with van der Waals surface area (Å²) in [5, 5.41) is 3.18. The van der Waals surface area contributed by atoms with E-state index in [1.165, 1.54) is 12.4 Å². The summed E-state index contributed by atoms with van der Waals surface area (Å²) in [6, 6.07) is 7.94. The van der Waals surface area contributed by atoms with E-state index in [-0.39, 0.29) is 6.04 Å². The Morgan fingerprint density at radius 3 is 2.63 bits per heavy atom. The quantitative estimate of drug-likeness (QED) is 0.901. The van der Waals surface area contributed by atoms with Crippen LogP contribution in [-0.2, 0) is 6.54 Å². The maximum absolute atomic E-state index is 12.6. The van der Waals surface area contributed by atoms with Crippen molar-refractivity contribution in [3.63, 3.8) is 0 Å². The Kier molecular flexibility index (Phi) is 4.66. The normalized spacial score (nSPS) is 12.9. The van der Waals surface area contributed by atoms with Gasteiger partial charge in [-0.25, -0.2) is 4.98 Å². The number of halogens is 3. The van der Waals surface area contributed by atoms with Crippen molar-refractivity contribution in [3.8, 4) is 0 Å². The van der Waals surface area contributed by atoms with Crippen LogP contribution in [0, 0.1) is 0 Å². The summed E-state index contributed by atoms with van der Waals surface area (Å²) in [5.74, 6) is 0.332. The molecule has 6 heteroatoms. The standard InChI is InChI=1S/C13H14BrF2N3/c1-9(10-2-4-11(14)5-3-10)18-8-12-17-6-7-19(12)13(15)16/h2-7,9,13,18H,8H2,1H3. The number of hydrogen-bond donors (Lipinski definition) is 1. The molecule has 0 aliphatic rings. The third-order valence-corrected chi connectivity index (χ3v) is 3.42. The number of alkyl halides is 2. The molecule has 1 N–H and O–H groups in total. The van der Waals surface area contributed by atoms with Gasteiger partial charge in [-0.3, -0.25) is 4.57 Å². The fourth-order valence-corrected chi connectivity index (χ4v) is 2.04.